The van der Waals surface area contributed by atoms with Gasteiger partial charge >= 0.3 is 5.97 Å². The number of carbonyl (C=O) groups excluding carboxylic acids is 2. The van der Waals surface area contributed by atoms with Crippen LogP contribution in [0.15, 0.2) is 29.2 Å². The van der Waals surface area contributed by atoms with Crippen LogP contribution in [0.1, 0.15) is 70.2 Å². The van der Waals surface area contributed by atoms with E-state index in [4.69, 9.17) is 4.74 Å². The number of rotatable bonds is 8. The molecule has 1 aliphatic carbocycles. The maximum Gasteiger partial charge on any atom is 0.339 e. The molecule has 0 atom stereocenters. The lowest BCUT2D eigenvalue weighted by atomic mass is 9.69. The Hall–Kier alpha value is -1.89. The monoisotopic (exact) mass is 423 g/mol. The molecule has 0 unspecified atom stereocenters. The Morgan fingerprint density at radius 3 is 2.31 bits per heavy atom. The lowest BCUT2D eigenvalue weighted by molar-refractivity contribution is -0.125. The fourth-order valence-corrected chi connectivity index (χ4v) is 4.93. The number of ether oxygens (including phenoxy) is 1. The van der Waals surface area contributed by atoms with E-state index in [9.17, 15) is 18.0 Å². The molecule has 1 saturated carbocycles. The third-order valence-electron chi connectivity index (χ3n) is 6.27. The first-order valence-electron chi connectivity index (χ1n) is 10.4. The number of hydrogen-bond acceptors (Lipinski definition) is 5. The highest BCUT2D eigenvalue weighted by Crippen LogP contribution is 2.40. The van der Waals surface area contributed by atoms with Crippen molar-refractivity contribution >= 4 is 21.7 Å². The van der Waals surface area contributed by atoms with Crippen LogP contribution in [0.3, 0.4) is 0 Å². The molecule has 7 heteroatoms. The van der Waals surface area contributed by atoms with Crippen molar-refractivity contribution in [2.45, 2.75) is 70.7 Å². The second-order valence-electron chi connectivity index (χ2n) is 8.43. The van der Waals surface area contributed by atoms with Crippen LogP contribution in [-0.2, 0) is 19.4 Å². The van der Waals surface area contributed by atoms with E-state index in [1.54, 1.807) is 12.1 Å². The molecule has 1 N–H and O–H groups in total. The van der Waals surface area contributed by atoms with Crippen LogP contribution < -0.4 is 5.32 Å². The van der Waals surface area contributed by atoms with Gasteiger partial charge in [-0.15, -0.1) is 0 Å². The molecule has 1 aliphatic rings. The molecule has 2 rings (SSSR count). The van der Waals surface area contributed by atoms with E-state index in [0.717, 1.165) is 32.1 Å². The SMILES string of the molecule is CCC(C)(C)C1CCC(NC(=O)COC(=O)c2ccccc2S(=O)(=O)CC)CC1. The van der Waals surface area contributed by atoms with Crippen LogP contribution in [0.4, 0.5) is 0 Å². The van der Waals surface area contributed by atoms with Gasteiger partial charge in [0.25, 0.3) is 5.91 Å². The maximum atomic E-state index is 12.3. The molecule has 1 fully saturated rings. The summed E-state index contributed by atoms with van der Waals surface area (Å²) in [6.07, 6.45) is 5.14. The molecule has 0 spiro atoms. The van der Waals surface area contributed by atoms with Crippen molar-refractivity contribution in [3.05, 3.63) is 29.8 Å². The zero-order valence-electron chi connectivity index (χ0n) is 17.9. The van der Waals surface area contributed by atoms with Crippen molar-refractivity contribution in [3.63, 3.8) is 0 Å². The van der Waals surface area contributed by atoms with Gasteiger partial charge in [0, 0.05) is 6.04 Å². The minimum absolute atomic E-state index is 0.0375. The van der Waals surface area contributed by atoms with Gasteiger partial charge in [0.15, 0.2) is 16.4 Å². The Morgan fingerprint density at radius 2 is 1.72 bits per heavy atom. The van der Waals surface area contributed by atoms with Crippen LogP contribution in [0.2, 0.25) is 0 Å². The van der Waals surface area contributed by atoms with Gasteiger partial charge in [0.2, 0.25) is 0 Å². The van der Waals surface area contributed by atoms with Crippen molar-refractivity contribution in [2.24, 2.45) is 11.3 Å². The van der Waals surface area contributed by atoms with Gasteiger partial charge in [-0.05, 0) is 49.1 Å². The number of esters is 1. The third kappa shape index (κ3) is 6.04. The Labute approximate surface area is 174 Å². The Balaban J connectivity index is 1.87. The van der Waals surface area contributed by atoms with E-state index >= 15 is 0 Å². The average molecular weight is 424 g/mol. The molecule has 0 aromatic heterocycles. The van der Waals surface area contributed by atoms with Crippen molar-refractivity contribution in [1.82, 2.24) is 5.32 Å². The zero-order valence-corrected chi connectivity index (χ0v) is 18.7. The van der Waals surface area contributed by atoms with Crippen LogP contribution in [0.25, 0.3) is 0 Å². The van der Waals surface area contributed by atoms with Crippen LogP contribution >= 0.6 is 0 Å². The molecule has 0 aliphatic heterocycles. The van der Waals surface area contributed by atoms with Crippen molar-refractivity contribution < 1.29 is 22.7 Å². The molecular weight excluding hydrogens is 390 g/mol. The summed E-state index contributed by atoms with van der Waals surface area (Å²) < 4.78 is 29.4. The van der Waals surface area contributed by atoms with Crippen molar-refractivity contribution in [2.75, 3.05) is 12.4 Å². The Morgan fingerprint density at radius 1 is 1.10 bits per heavy atom. The number of hydrogen-bond donors (Lipinski definition) is 1. The topological polar surface area (TPSA) is 89.5 Å². The first-order chi connectivity index (χ1) is 13.6. The highest BCUT2D eigenvalue weighted by atomic mass is 32.2. The highest BCUT2D eigenvalue weighted by Gasteiger charge is 2.32. The van der Waals surface area contributed by atoms with Crippen LogP contribution in [0, 0.1) is 11.3 Å². The Kier molecular flexibility index (Phi) is 7.86. The van der Waals surface area contributed by atoms with Crippen molar-refractivity contribution in [1.29, 1.82) is 0 Å². The number of sulfone groups is 1. The predicted octanol–water partition coefficient (Wildman–Crippen LogP) is 3.75. The molecule has 162 valence electrons. The molecular formula is C22H33NO5S. The van der Waals surface area contributed by atoms with E-state index < -0.39 is 22.4 Å². The van der Waals surface area contributed by atoms with Gasteiger partial charge in [-0.25, -0.2) is 13.2 Å². The largest absolute Gasteiger partial charge is 0.452 e. The van der Waals surface area contributed by atoms with E-state index in [1.807, 2.05) is 0 Å². The molecule has 0 bridgehead atoms. The zero-order chi connectivity index (χ0) is 21.7. The second-order valence-corrected chi connectivity index (χ2v) is 10.7. The van der Waals surface area contributed by atoms with Gasteiger partial charge in [-0.3, -0.25) is 4.79 Å². The lowest BCUT2D eigenvalue weighted by Gasteiger charge is -2.39. The number of benzene rings is 1. The molecule has 1 amide bonds. The van der Waals surface area contributed by atoms with Gasteiger partial charge in [0.1, 0.15) is 0 Å². The molecule has 0 radical (unpaired) electrons. The summed E-state index contributed by atoms with van der Waals surface area (Å²) in [5.41, 5.74) is 0.279. The number of nitrogens with one attached hydrogen (secondary N) is 1. The summed E-state index contributed by atoms with van der Waals surface area (Å²) in [7, 11) is -3.56. The van der Waals surface area contributed by atoms with Gasteiger partial charge in [0.05, 0.1) is 16.2 Å². The molecule has 1 aromatic carbocycles. The van der Waals surface area contributed by atoms with Gasteiger partial charge in [-0.2, -0.15) is 0 Å². The lowest BCUT2D eigenvalue weighted by Crippen LogP contribution is -2.41. The van der Waals surface area contributed by atoms with E-state index in [2.05, 4.69) is 26.1 Å². The molecule has 29 heavy (non-hydrogen) atoms. The number of carbonyl (C=O) groups is 2. The normalized spacial score (nSPS) is 20.1. The van der Waals surface area contributed by atoms with E-state index in [-0.39, 0.29) is 28.2 Å². The Bertz CT molecular complexity index is 823. The van der Waals surface area contributed by atoms with E-state index in [1.165, 1.54) is 19.1 Å². The fourth-order valence-electron chi connectivity index (χ4n) is 3.85. The summed E-state index contributed by atoms with van der Waals surface area (Å²) >= 11 is 0. The van der Waals surface area contributed by atoms with E-state index in [0.29, 0.717) is 11.3 Å². The minimum atomic E-state index is -3.56. The fraction of sp³-hybridized carbons (Fsp3) is 0.636. The summed E-state index contributed by atoms with van der Waals surface area (Å²) in [5, 5.41) is 2.94. The quantitative estimate of drug-likeness (QED) is 0.643. The first-order valence-corrected chi connectivity index (χ1v) is 12.0. The standard InChI is InChI=1S/C22H33NO5S/c1-5-22(3,4)16-11-13-17(14-12-16)23-20(24)15-28-21(25)18-9-7-8-10-19(18)29(26,27)6-2/h7-10,16-17H,5-6,11-15H2,1-4H3,(H,23,24). The van der Waals surface area contributed by atoms with Gasteiger partial charge < -0.3 is 10.1 Å². The number of amides is 1. The second kappa shape index (κ2) is 9.74. The van der Waals surface area contributed by atoms with Crippen LogP contribution in [-0.4, -0.2) is 38.7 Å². The summed E-state index contributed by atoms with van der Waals surface area (Å²) in [4.78, 5) is 24.5. The first kappa shape index (κ1) is 23.4. The molecule has 0 heterocycles. The average Bonchev–Trinajstić information content (AvgIpc) is 2.72. The predicted molar refractivity (Wildman–Crippen MR) is 112 cm³/mol. The molecule has 1 aromatic rings. The van der Waals surface area contributed by atoms with Crippen LogP contribution in [0.5, 0.6) is 0 Å². The van der Waals surface area contributed by atoms with Crippen molar-refractivity contribution in [3.8, 4) is 0 Å². The smallest absolute Gasteiger partial charge is 0.339 e. The highest BCUT2D eigenvalue weighted by molar-refractivity contribution is 7.91. The summed E-state index contributed by atoms with van der Waals surface area (Å²) in [6.45, 7) is 7.91. The van der Waals surface area contributed by atoms with Gasteiger partial charge in [-0.1, -0.05) is 46.2 Å². The minimum Gasteiger partial charge on any atom is -0.452 e. The summed E-state index contributed by atoms with van der Waals surface area (Å²) in [5.74, 6) is -0.612. The molecule has 6 nitrogen and oxygen atoms in total. The maximum absolute atomic E-state index is 12.3. The molecule has 0 saturated heterocycles. The summed E-state index contributed by atoms with van der Waals surface area (Å²) in [6, 6.07) is 6.01. The third-order valence-corrected chi connectivity index (χ3v) is 8.05.